The first-order valence-electron chi connectivity index (χ1n) is 18.7. The highest BCUT2D eigenvalue weighted by molar-refractivity contribution is 7.06. The molecule has 0 amide bonds. The SMILES string of the molecule is Cc1ccc(N(c2ccc(C)cc2)c2ccc3c4c2B2c5ccc(C)cc5-c5cc(C)cc(c52)N4c2cc(C)cc4c2B3c2ccc(C)cc2-4)cc1. The summed E-state index contributed by atoms with van der Waals surface area (Å²) in [7, 11) is 0. The Labute approximate surface area is 307 Å². The molecule has 0 aliphatic carbocycles. The second-order valence-electron chi connectivity index (χ2n) is 15.8. The fourth-order valence-electron chi connectivity index (χ4n) is 9.99. The van der Waals surface area contributed by atoms with E-state index < -0.39 is 0 Å². The molecule has 0 radical (unpaired) electrons. The van der Waals surface area contributed by atoms with Crippen LogP contribution in [-0.2, 0) is 0 Å². The van der Waals surface area contributed by atoms with Gasteiger partial charge in [-0.05, 0) is 139 Å². The zero-order chi connectivity index (χ0) is 35.2. The van der Waals surface area contributed by atoms with Gasteiger partial charge in [-0.1, -0.05) is 112 Å². The summed E-state index contributed by atoms with van der Waals surface area (Å²) in [5.41, 5.74) is 29.4. The number of anilines is 6. The van der Waals surface area contributed by atoms with Gasteiger partial charge in [0.05, 0.1) is 0 Å². The molecule has 11 rings (SSSR count). The van der Waals surface area contributed by atoms with E-state index >= 15 is 0 Å². The molecule has 0 unspecified atom stereocenters. The molecule has 0 saturated heterocycles. The van der Waals surface area contributed by atoms with E-state index in [4.69, 9.17) is 0 Å². The molecule has 0 aromatic heterocycles. The van der Waals surface area contributed by atoms with Gasteiger partial charge in [0, 0.05) is 34.1 Å². The summed E-state index contributed by atoms with van der Waals surface area (Å²) in [6.45, 7) is 13.6. The summed E-state index contributed by atoms with van der Waals surface area (Å²) >= 11 is 0. The van der Waals surface area contributed by atoms with Crippen molar-refractivity contribution in [2.75, 3.05) is 9.80 Å². The predicted octanol–water partition coefficient (Wildman–Crippen LogP) is 8.10. The van der Waals surface area contributed by atoms with Gasteiger partial charge < -0.3 is 9.80 Å². The van der Waals surface area contributed by atoms with Crippen LogP contribution in [0.2, 0.25) is 0 Å². The van der Waals surface area contributed by atoms with E-state index in [0.717, 1.165) is 0 Å². The number of aryl methyl sites for hydroxylation is 6. The van der Waals surface area contributed by atoms with E-state index in [9.17, 15) is 0 Å². The molecule has 0 saturated carbocycles. The maximum absolute atomic E-state index is 2.68. The molecule has 0 spiro atoms. The van der Waals surface area contributed by atoms with Crippen LogP contribution in [0.4, 0.5) is 34.1 Å². The lowest BCUT2D eigenvalue weighted by Gasteiger charge is -2.44. The average molecular weight is 664 g/mol. The Balaban J connectivity index is 1.31. The Bertz CT molecular complexity index is 2650. The van der Waals surface area contributed by atoms with E-state index in [0.29, 0.717) is 0 Å². The first-order valence-corrected chi connectivity index (χ1v) is 18.7. The van der Waals surface area contributed by atoms with Gasteiger partial charge in [-0.25, -0.2) is 0 Å². The van der Waals surface area contributed by atoms with Crippen molar-refractivity contribution in [2.45, 2.75) is 41.5 Å². The molecule has 0 N–H and O–H groups in total. The van der Waals surface area contributed by atoms with Gasteiger partial charge in [-0.2, -0.15) is 0 Å². The van der Waals surface area contributed by atoms with Crippen molar-refractivity contribution < 1.29 is 0 Å². The van der Waals surface area contributed by atoms with Crippen LogP contribution >= 0.6 is 0 Å². The average Bonchev–Trinajstić information content (AvgIpc) is 3.62. The van der Waals surface area contributed by atoms with Crippen LogP contribution in [0.1, 0.15) is 33.4 Å². The third-order valence-corrected chi connectivity index (χ3v) is 12.2. The topological polar surface area (TPSA) is 6.48 Å². The van der Waals surface area contributed by atoms with Crippen LogP contribution in [-0.4, -0.2) is 13.4 Å². The summed E-state index contributed by atoms with van der Waals surface area (Å²) in [6.07, 6.45) is 0. The lowest BCUT2D eigenvalue weighted by Crippen LogP contribution is -2.63. The minimum absolute atomic E-state index is 0.102. The number of rotatable bonds is 3. The number of hydrogen-bond donors (Lipinski definition) is 0. The fourth-order valence-corrected chi connectivity index (χ4v) is 9.99. The maximum Gasteiger partial charge on any atom is 0.250 e. The Morgan fingerprint density at radius 3 is 1.37 bits per heavy atom. The van der Waals surface area contributed by atoms with E-state index in [2.05, 4.69) is 173 Å². The summed E-state index contributed by atoms with van der Waals surface area (Å²) in [5.74, 6) is 0. The lowest BCUT2D eigenvalue weighted by molar-refractivity contribution is 1.25. The highest BCUT2D eigenvalue weighted by Crippen LogP contribution is 2.47. The van der Waals surface area contributed by atoms with Crippen molar-refractivity contribution in [1.29, 1.82) is 0 Å². The molecule has 0 bridgehead atoms. The van der Waals surface area contributed by atoms with Crippen molar-refractivity contribution >= 4 is 80.3 Å². The van der Waals surface area contributed by atoms with Crippen LogP contribution in [0.5, 0.6) is 0 Å². The molecule has 246 valence electrons. The molecule has 7 aromatic carbocycles. The quantitative estimate of drug-likeness (QED) is 0.176. The largest absolute Gasteiger partial charge is 0.312 e. The van der Waals surface area contributed by atoms with Gasteiger partial charge in [0.25, 0.3) is 6.71 Å². The third kappa shape index (κ3) is 3.93. The molecule has 2 nitrogen and oxygen atoms in total. The Hall–Kier alpha value is -5.73. The Kier molecular flexibility index (Phi) is 6.00. The van der Waals surface area contributed by atoms with E-state index in [-0.39, 0.29) is 13.4 Å². The first kappa shape index (κ1) is 29.9. The summed E-state index contributed by atoms with van der Waals surface area (Å²) in [4.78, 5) is 5.19. The van der Waals surface area contributed by atoms with Crippen LogP contribution in [0.25, 0.3) is 22.3 Å². The molecule has 52 heavy (non-hydrogen) atoms. The van der Waals surface area contributed by atoms with Crippen LogP contribution < -0.4 is 42.6 Å². The maximum atomic E-state index is 2.68. The molecule has 4 heteroatoms. The van der Waals surface area contributed by atoms with Gasteiger partial charge >= 0.3 is 0 Å². The summed E-state index contributed by atoms with van der Waals surface area (Å²) in [6, 6.07) is 47.1. The van der Waals surface area contributed by atoms with Crippen LogP contribution in [0, 0.1) is 41.5 Å². The van der Waals surface area contributed by atoms with Crippen molar-refractivity contribution in [3.8, 4) is 22.3 Å². The number of nitrogens with zero attached hydrogens (tertiary/aromatic N) is 2. The van der Waals surface area contributed by atoms with Gasteiger partial charge in [0.15, 0.2) is 0 Å². The molecular formula is C48H38B2N2. The van der Waals surface area contributed by atoms with Crippen molar-refractivity contribution in [3.63, 3.8) is 0 Å². The Morgan fingerprint density at radius 1 is 0.385 bits per heavy atom. The summed E-state index contributed by atoms with van der Waals surface area (Å²) in [5, 5.41) is 0. The van der Waals surface area contributed by atoms with Gasteiger partial charge in [0.1, 0.15) is 0 Å². The molecule has 4 heterocycles. The lowest BCUT2D eigenvalue weighted by atomic mass is 9.32. The second-order valence-corrected chi connectivity index (χ2v) is 15.8. The van der Waals surface area contributed by atoms with Crippen LogP contribution in [0.15, 0.2) is 121 Å². The molecule has 7 aromatic rings. The van der Waals surface area contributed by atoms with Gasteiger partial charge in [0.2, 0.25) is 6.71 Å². The minimum atomic E-state index is 0.102. The van der Waals surface area contributed by atoms with Gasteiger partial charge in [-0.3, -0.25) is 0 Å². The van der Waals surface area contributed by atoms with E-state index in [1.54, 1.807) is 0 Å². The standard InChI is InChI=1S/C48H38B2N2/c1-27-7-13-33(14-8-27)51(34-15-9-28(2)10-16-34)42-20-19-41-48-47(42)50-40-18-12-30(4)22-36(40)38-24-32(6)26-44(46(38)50)52(48)43-25-31(5)23-37-35-21-29(3)11-17-39(35)49(41)45(37)43/h7-26H,1-6H3. The number of hydrogen-bond acceptors (Lipinski definition) is 2. The Morgan fingerprint density at radius 2 is 0.827 bits per heavy atom. The fraction of sp³-hybridized carbons (Fsp3) is 0.125. The third-order valence-electron chi connectivity index (χ3n) is 12.2. The zero-order valence-corrected chi connectivity index (χ0v) is 30.6. The van der Waals surface area contributed by atoms with Crippen LogP contribution in [0.3, 0.4) is 0 Å². The predicted molar refractivity (Wildman–Crippen MR) is 224 cm³/mol. The van der Waals surface area contributed by atoms with Crippen molar-refractivity contribution in [2.24, 2.45) is 0 Å². The highest BCUT2D eigenvalue weighted by atomic mass is 15.2. The first-order chi connectivity index (χ1) is 25.2. The van der Waals surface area contributed by atoms with Gasteiger partial charge in [-0.15, -0.1) is 0 Å². The van der Waals surface area contributed by atoms with E-state index in [1.165, 1.54) is 123 Å². The molecule has 4 aliphatic rings. The molecule has 0 fully saturated rings. The minimum Gasteiger partial charge on any atom is -0.312 e. The van der Waals surface area contributed by atoms with Crippen molar-refractivity contribution in [1.82, 2.24) is 0 Å². The second kappa shape index (κ2) is 10.4. The van der Waals surface area contributed by atoms with Crippen molar-refractivity contribution in [3.05, 3.63) is 155 Å². The number of benzene rings is 7. The highest BCUT2D eigenvalue weighted by Gasteiger charge is 2.51. The van der Waals surface area contributed by atoms with E-state index in [1.807, 2.05) is 0 Å². The smallest absolute Gasteiger partial charge is 0.250 e. The zero-order valence-electron chi connectivity index (χ0n) is 30.6. The molecule has 0 atom stereocenters. The monoisotopic (exact) mass is 664 g/mol. The number of fused-ring (bicyclic) bond motifs is 10. The summed E-state index contributed by atoms with van der Waals surface area (Å²) < 4.78 is 0. The molecular weight excluding hydrogens is 626 g/mol. The molecule has 4 aliphatic heterocycles. The normalized spacial score (nSPS) is 13.5.